The van der Waals surface area contributed by atoms with Crippen LogP contribution in [0, 0.1) is 5.92 Å². The number of carboxylic acid groups (broad SMARTS) is 1. The third-order valence-electron chi connectivity index (χ3n) is 2.74. The second kappa shape index (κ2) is 5.54. The predicted octanol–water partition coefficient (Wildman–Crippen LogP) is 2.91. The minimum absolute atomic E-state index is 0.0587. The molecule has 0 unspecified atom stereocenters. The lowest BCUT2D eigenvalue weighted by atomic mass is 9.86. The summed E-state index contributed by atoms with van der Waals surface area (Å²) >= 11 is 0. The molecular formula is C13H18O3. The maximum absolute atomic E-state index is 10.8. The van der Waals surface area contributed by atoms with Gasteiger partial charge in [0.15, 0.2) is 0 Å². The van der Waals surface area contributed by atoms with Crippen LogP contribution in [0.4, 0.5) is 0 Å². The first kappa shape index (κ1) is 12.6. The van der Waals surface area contributed by atoms with E-state index in [9.17, 15) is 4.79 Å². The van der Waals surface area contributed by atoms with Crippen LogP contribution in [0.5, 0.6) is 5.75 Å². The van der Waals surface area contributed by atoms with Crippen molar-refractivity contribution in [2.45, 2.75) is 26.2 Å². The average Bonchev–Trinajstić information content (AvgIpc) is 2.25. The Hall–Kier alpha value is -1.51. The summed E-state index contributed by atoms with van der Waals surface area (Å²) in [5.74, 6) is 0.406. The molecular weight excluding hydrogens is 204 g/mol. The summed E-state index contributed by atoms with van der Waals surface area (Å²) < 4.78 is 5.07. The van der Waals surface area contributed by atoms with Gasteiger partial charge >= 0.3 is 5.97 Å². The summed E-state index contributed by atoms with van der Waals surface area (Å²) in [7, 11) is 1.62. The summed E-state index contributed by atoms with van der Waals surface area (Å²) in [6.07, 6.45) is 0.171. The van der Waals surface area contributed by atoms with E-state index in [1.165, 1.54) is 0 Å². The summed E-state index contributed by atoms with van der Waals surface area (Å²) in [5.41, 5.74) is 1.05. The Labute approximate surface area is 96.1 Å². The Morgan fingerprint density at radius 3 is 2.25 bits per heavy atom. The molecule has 0 radical (unpaired) electrons. The van der Waals surface area contributed by atoms with Gasteiger partial charge in [-0.05, 0) is 29.5 Å². The minimum Gasteiger partial charge on any atom is -0.497 e. The molecule has 0 saturated carbocycles. The zero-order chi connectivity index (χ0) is 12.1. The Kier molecular flexibility index (Phi) is 4.35. The average molecular weight is 222 g/mol. The van der Waals surface area contributed by atoms with Gasteiger partial charge in [-0.1, -0.05) is 26.0 Å². The fourth-order valence-electron chi connectivity index (χ4n) is 1.78. The Balaban J connectivity index is 2.88. The van der Waals surface area contributed by atoms with Crippen LogP contribution < -0.4 is 4.74 Å². The van der Waals surface area contributed by atoms with Crippen molar-refractivity contribution in [2.24, 2.45) is 5.92 Å². The van der Waals surface area contributed by atoms with Crippen molar-refractivity contribution in [3.8, 4) is 5.75 Å². The van der Waals surface area contributed by atoms with E-state index < -0.39 is 5.97 Å². The van der Waals surface area contributed by atoms with Gasteiger partial charge in [0.1, 0.15) is 5.75 Å². The molecule has 1 rings (SSSR count). The molecule has 3 nitrogen and oxygen atoms in total. The quantitative estimate of drug-likeness (QED) is 0.833. The molecule has 0 aromatic heterocycles. The van der Waals surface area contributed by atoms with Crippen molar-refractivity contribution in [2.75, 3.05) is 7.11 Å². The molecule has 0 spiro atoms. The van der Waals surface area contributed by atoms with Crippen LogP contribution in [0.3, 0.4) is 0 Å². The number of aliphatic carboxylic acids is 1. The Morgan fingerprint density at radius 1 is 1.31 bits per heavy atom. The number of benzene rings is 1. The molecule has 0 saturated heterocycles. The van der Waals surface area contributed by atoms with Gasteiger partial charge in [0.25, 0.3) is 0 Å². The number of hydrogen-bond donors (Lipinski definition) is 1. The molecule has 16 heavy (non-hydrogen) atoms. The van der Waals surface area contributed by atoms with Crippen molar-refractivity contribution < 1.29 is 14.6 Å². The Morgan fingerprint density at radius 2 is 1.88 bits per heavy atom. The lowest BCUT2D eigenvalue weighted by Crippen LogP contribution is -2.12. The van der Waals surface area contributed by atoms with Crippen LogP contribution >= 0.6 is 0 Å². The number of rotatable bonds is 5. The largest absolute Gasteiger partial charge is 0.497 e. The van der Waals surface area contributed by atoms with E-state index in [0.717, 1.165) is 11.3 Å². The molecule has 1 atom stereocenters. The first-order valence-electron chi connectivity index (χ1n) is 5.40. The highest BCUT2D eigenvalue weighted by molar-refractivity contribution is 5.68. The van der Waals surface area contributed by atoms with Gasteiger partial charge in [0.2, 0.25) is 0 Å². The van der Waals surface area contributed by atoms with Crippen molar-refractivity contribution in [3.63, 3.8) is 0 Å². The molecule has 0 aliphatic rings. The number of carboxylic acids is 1. The van der Waals surface area contributed by atoms with Crippen LogP contribution in [0.25, 0.3) is 0 Å². The van der Waals surface area contributed by atoms with Crippen LogP contribution in [-0.4, -0.2) is 18.2 Å². The first-order chi connectivity index (χ1) is 7.54. The van der Waals surface area contributed by atoms with Crippen molar-refractivity contribution in [1.82, 2.24) is 0 Å². The molecule has 1 aromatic carbocycles. The molecule has 3 heteroatoms. The predicted molar refractivity (Wildman–Crippen MR) is 62.8 cm³/mol. The summed E-state index contributed by atoms with van der Waals surface area (Å²) in [4.78, 5) is 10.8. The summed E-state index contributed by atoms with van der Waals surface area (Å²) in [6.45, 7) is 4.08. The molecule has 0 bridgehead atoms. The molecule has 88 valence electrons. The lowest BCUT2D eigenvalue weighted by Gasteiger charge is -2.19. The molecule has 0 fully saturated rings. The number of hydrogen-bond acceptors (Lipinski definition) is 2. The fraction of sp³-hybridized carbons (Fsp3) is 0.462. The van der Waals surface area contributed by atoms with Gasteiger partial charge in [-0.3, -0.25) is 4.79 Å². The van der Waals surface area contributed by atoms with Gasteiger partial charge in [0, 0.05) is 0 Å². The number of methoxy groups -OCH3 is 1. The third-order valence-corrected chi connectivity index (χ3v) is 2.74. The van der Waals surface area contributed by atoms with Crippen LogP contribution in [0.15, 0.2) is 24.3 Å². The maximum atomic E-state index is 10.8. The van der Waals surface area contributed by atoms with E-state index in [-0.39, 0.29) is 12.3 Å². The highest BCUT2D eigenvalue weighted by Crippen LogP contribution is 2.29. The van der Waals surface area contributed by atoms with Crippen LogP contribution in [0.1, 0.15) is 31.7 Å². The van der Waals surface area contributed by atoms with E-state index in [1.807, 2.05) is 38.1 Å². The second-order valence-electron chi connectivity index (χ2n) is 4.22. The van der Waals surface area contributed by atoms with E-state index in [4.69, 9.17) is 9.84 Å². The normalized spacial score (nSPS) is 12.5. The van der Waals surface area contributed by atoms with Gasteiger partial charge in [-0.15, -0.1) is 0 Å². The van der Waals surface area contributed by atoms with Gasteiger partial charge in [0.05, 0.1) is 13.5 Å². The third kappa shape index (κ3) is 3.26. The molecule has 0 heterocycles. The van der Waals surface area contributed by atoms with Crippen LogP contribution in [-0.2, 0) is 4.79 Å². The first-order valence-corrected chi connectivity index (χ1v) is 5.40. The van der Waals surface area contributed by atoms with Gasteiger partial charge in [-0.2, -0.15) is 0 Å². The number of ether oxygens (including phenoxy) is 1. The number of carbonyl (C=O) groups is 1. The van der Waals surface area contributed by atoms with E-state index in [0.29, 0.717) is 5.92 Å². The van der Waals surface area contributed by atoms with Crippen LogP contribution in [0.2, 0.25) is 0 Å². The molecule has 1 N–H and O–H groups in total. The highest BCUT2D eigenvalue weighted by atomic mass is 16.5. The smallest absolute Gasteiger partial charge is 0.303 e. The molecule has 1 aromatic rings. The zero-order valence-corrected chi connectivity index (χ0v) is 9.93. The zero-order valence-electron chi connectivity index (χ0n) is 9.93. The standard InChI is InChI=1S/C13H18O3/c1-9(2)12(8-13(14)15)10-4-6-11(16-3)7-5-10/h4-7,9,12H,8H2,1-3H3,(H,14,15)/t12-/m0/s1. The topological polar surface area (TPSA) is 46.5 Å². The lowest BCUT2D eigenvalue weighted by molar-refractivity contribution is -0.137. The van der Waals surface area contributed by atoms with Crippen molar-refractivity contribution >= 4 is 5.97 Å². The fourth-order valence-corrected chi connectivity index (χ4v) is 1.78. The molecule has 0 amide bonds. The second-order valence-corrected chi connectivity index (χ2v) is 4.22. The van der Waals surface area contributed by atoms with Gasteiger partial charge < -0.3 is 9.84 Å². The van der Waals surface area contributed by atoms with Gasteiger partial charge in [-0.25, -0.2) is 0 Å². The minimum atomic E-state index is -0.755. The maximum Gasteiger partial charge on any atom is 0.303 e. The Bertz CT molecular complexity index is 341. The summed E-state index contributed by atoms with van der Waals surface area (Å²) in [6, 6.07) is 7.61. The van der Waals surface area contributed by atoms with Crippen molar-refractivity contribution in [3.05, 3.63) is 29.8 Å². The van der Waals surface area contributed by atoms with E-state index in [2.05, 4.69) is 0 Å². The molecule has 0 aliphatic carbocycles. The highest BCUT2D eigenvalue weighted by Gasteiger charge is 2.19. The molecule has 0 aliphatic heterocycles. The summed E-state index contributed by atoms with van der Waals surface area (Å²) in [5, 5.41) is 8.87. The SMILES string of the molecule is COc1ccc([C@@H](CC(=O)O)C(C)C)cc1. The monoisotopic (exact) mass is 222 g/mol. The van der Waals surface area contributed by atoms with E-state index in [1.54, 1.807) is 7.11 Å². The van der Waals surface area contributed by atoms with Crippen molar-refractivity contribution in [1.29, 1.82) is 0 Å². The van der Waals surface area contributed by atoms with E-state index >= 15 is 0 Å².